The van der Waals surface area contributed by atoms with Gasteiger partial charge in [-0.2, -0.15) is 0 Å². The minimum atomic E-state index is -0.554. The third kappa shape index (κ3) is 4.91. The van der Waals surface area contributed by atoms with E-state index in [1.54, 1.807) is 34.7 Å². The molecule has 1 aromatic heterocycles. The highest BCUT2D eigenvalue weighted by atomic mass is 35.5. The van der Waals surface area contributed by atoms with Gasteiger partial charge in [0, 0.05) is 44.0 Å². The lowest BCUT2D eigenvalue weighted by atomic mass is 9.95. The molecule has 0 radical (unpaired) electrons. The molecular weight excluding hydrogens is 460 g/mol. The number of halogens is 1. The number of carbonyl (C=O) groups excluding carboxylic acids is 2. The Morgan fingerprint density at radius 2 is 1.94 bits per heavy atom. The molecule has 3 aromatic rings. The first-order chi connectivity index (χ1) is 15.9. The fourth-order valence-electron chi connectivity index (χ4n) is 3.94. The highest BCUT2D eigenvalue weighted by Gasteiger charge is 2.37. The summed E-state index contributed by atoms with van der Waals surface area (Å²) in [5, 5.41) is 3.50. The van der Waals surface area contributed by atoms with E-state index in [-0.39, 0.29) is 23.3 Å². The number of hydrogen-bond acceptors (Lipinski definition) is 5. The molecule has 7 nitrogen and oxygen atoms in total. The Kier molecular flexibility index (Phi) is 7.05. The van der Waals surface area contributed by atoms with Crippen molar-refractivity contribution in [2.24, 2.45) is 5.92 Å². The number of thioether (sulfide) groups is 1. The standard InChI is InChI=1S/C24H25ClN4O3S/c1-3-29-22(31)18-12-17(25)9-10-19(18)27-24(29)33-21(16-7-5-4-6-8-16)23(32)28-13-15(14-28)11-20(30)26-2/h4-10,12,15,21H,3,11,13-14H2,1-2H3,(H,26,30). The number of carbonyl (C=O) groups is 2. The molecule has 0 aliphatic carbocycles. The topological polar surface area (TPSA) is 84.3 Å². The van der Waals surface area contributed by atoms with Crippen molar-refractivity contribution in [2.75, 3.05) is 20.1 Å². The molecule has 4 rings (SSSR count). The van der Waals surface area contributed by atoms with E-state index in [1.165, 1.54) is 11.8 Å². The van der Waals surface area contributed by atoms with Crippen molar-refractivity contribution in [3.63, 3.8) is 0 Å². The van der Waals surface area contributed by atoms with E-state index in [0.29, 0.717) is 47.1 Å². The Balaban J connectivity index is 1.65. The number of hydrogen-bond donors (Lipinski definition) is 1. The normalized spacial score (nSPS) is 14.7. The molecule has 1 aliphatic heterocycles. The molecule has 1 atom stereocenters. The van der Waals surface area contributed by atoms with E-state index in [0.717, 1.165) is 5.56 Å². The summed E-state index contributed by atoms with van der Waals surface area (Å²) in [6.07, 6.45) is 0.410. The summed E-state index contributed by atoms with van der Waals surface area (Å²) >= 11 is 7.37. The van der Waals surface area contributed by atoms with Crippen molar-refractivity contribution >= 4 is 46.1 Å². The average Bonchev–Trinajstić information content (AvgIpc) is 2.80. The smallest absolute Gasteiger partial charge is 0.262 e. The van der Waals surface area contributed by atoms with Crippen LogP contribution in [0.5, 0.6) is 0 Å². The van der Waals surface area contributed by atoms with Gasteiger partial charge >= 0.3 is 0 Å². The molecule has 33 heavy (non-hydrogen) atoms. The lowest BCUT2D eigenvalue weighted by Gasteiger charge is -2.40. The van der Waals surface area contributed by atoms with Crippen molar-refractivity contribution in [1.29, 1.82) is 0 Å². The molecule has 2 amide bonds. The van der Waals surface area contributed by atoms with E-state index in [1.807, 2.05) is 37.3 Å². The third-order valence-corrected chi connectivity index (χ3v) is 7.24. The van der Waals surface area contributed by atoms with Gasteiger partial charge in [0.15, 0.2) is 5.16 Å². The summed E-state index contributed by atoms with van der Waals surface area (Å²) in [7, 11) is 1.61. The van der Waals surface area contributed by atoms with Crippen LogP contribution in [0.25, 0.3) is 10.9 Å². The van der Waals surface area contributed by atoms with E-state index < -0.39 is 5.25 Å². The molecular formula is C24H25ClN4O3S. The average molecular weight is 485 g/mol. The van der Waals surface area contributed by atoms with Crippen molar-refractivity contribution < 1.29 is 9.59 Å². The third-order valence-electron chi connectivity index (χ3n) is 5.77. The van der Waals surface area contributed by atoms with Gasteiger partial charge in [0.25, 0.3) is 5.56 Å². The van der Waals surface area contributed by atoms with Crippen LogP contribution >= 0.6 is 23.4 Å². The summed E-state index contributed by atoms with van der Waals surface area (Å²) in [6.45, 7) is 3.38. The van der Waals surface area contributed by atoms with Gasteiger partial charge in [0.05, 0.1) is 10.9 Å². The summed E-state index contributed by atoms with van der Waals surface area (Å²) in [4.78, 5) is 44.7. The quantitative estimate of drug-likeness (QED) is 0.410. The molecule has 1 saturated heterocycles. The first-order valence-corrected chi connectivity index (χ1v) is 12.1. The predicted octanol–water partition coefficient (Wildman–Crippen LogP) is 3.50. The van der Waals surface area contributed by atoms with Crippen LogP contribution in [0.1, 0.15) is 24.2 Å². The van der Waals surface area contributed by atoms with Crippen molar-refractivity contribution in [3.05, 3.63) is 69.5 Å². The van der Waals surface area contributed by atoms with Crippen LogP contribution in [-0.4, -0.2) is 46.4 Å². The molecule has 0 spiro atoms. The maximum atomic E-state index is 13.5. The second-order valence-corrected chi connectivity index (χ2v) is 9.51. The highest BCUT2D eigenvalue weighted by molar-refractivity contribution is 8.00. The summed E-state index contributed by atoms with van der Waals surface area (Å²) < 4.78 is 1.58. The fourth-order valence-corrected chi connectivity index (χ4v) is 5.36. The highest BCUT2D eigenvalue weighted by Crippen LogP contribution is 2.38. The Labute approximate surface area is 201 Å². The monoisotopic (exact) mass is 484 g/mol. The number of nitrogens with one attached hydrogen (secondary N) is 1. The molecule has 172 valence electrons. The summed E-state index contributed by atoms with van der Waals surface area (Å²) in [6, 6.07) is 14.6. The van der Waals surface area contributed by atoms with Crippen molar-refractivity contribution in [2.45, 2.75) is 30.3 Å². The van der Waals surface area contributed by atoms with Gasteiger partial charge in [0.1, 0.15) is 5.25 Å². The number of nitrogens with zero attached hydrogens (tertiary/aromatic N) is 3. The number of amides is 2. The second kappa shape index (κ2) is 9.97. The Morgan fingerprint density at radius 1 is 1.21 bits per heavy atom. The number of aromatic nitrogens is 2. The van der Waals surface area contributed by atoms with Gasteiger partial charge in [-0.1, -0.05) is 53.7 Å². The second-order valence-electron chi connectivity index (χ2n) is 8.00. The van der Waals surface area contributed by atoms with Gasteiger partial charge in [-0.05, 0) is 30.7 Å². The van der Waals surface area contributed by atoms with Gasteiger partial charge in [-0.25, -0.2) is 4.98 Å². The molecule has 9 heteroatoms. The predicted molar refractivity (Wildman–Crippen MR) is 130 cm³/mol. The first-order valence-electron chi connectivity index (χ1n) is 10.8. The van der Waals surface area contributed by atoms with Gasteiger partial charge in [-0.15, -0.1) is 0 Å². The number of fused-ring (bicyclic) bond motifs is 1. The molecule has 1 fully saturated rings. The minimum Gasteiger partial charge on any atom is -0.359 e. The van der Waals surface area contributed by atoms with Crippen LogP contribution in [0.15, 0.2) is 58.5 Å². The Bertz CT molecular complexity index is 1240. The maximum absolute atomic E-state index is 13.5. The number of benzene rings is 2. The molecule has 1 N–H and O–H groups in total. The maximum Gasteiger partial charge on any atom is 0.262 e. The van der Waals surface area contributed by atoms with E-state index in [4.69, 9.17) is 16.6 Å². The summed E-state index contributed by atoms with van der Waals surface area (Å²) in [5.74, 6) is 0.0914. The zero-order chi connectivity index (χ0) is 23.5. The molecule has 0 saturated carbocycles. The molecule has 2 heterocycles. The Morgan fingerprint density at radius 3 is 2.61 bits per heavy atom. The van der Waals surface area contributed by atoms with Crippen LogP contribution in [0.4, 0.5) is 0 Å². The van der Waals surface area contributed by atoms with E-state index >= 15 is 0 Å². The van der Waals surface area contributed by atoms with Crippen LogP contribution in [0, 0.1) is 5.92 Å². The van der Waals surface area contributed by atoms with Gasteiger partial charge < -0.3 is 10.2 Å². The van der Waals surface area contributed by atoms with E-state index in [2.05, 4.69) is 5.32 Å². The van der Waals surface area contributed by atoms with Crippen LogP contribution in [0.3, 0.4) is 0 Å². The fraction of sp³-hybridized carbons (Fsp3) is 0.333. The van der Waals surface area contributed by atoms with Gasteiger partial charge in [-0.3, -0.25) is 19.0 Å². The number of rotatable bonds is 7. The number of likely N-dealkylation sites (tertiary alicyclic amines) is 1. The van der Waals surface area contributed by atoms with E-state index in [9.17, 15) is 14.4 Å². The molecule has 0 bridgehead atoms. The molecule has 1 aliphatic rings. The van der Waals surface area contributed by atoms with Crippen LogP contribution in [0.2, 0.25) is 5.02 Å². The van der Waals surface area contributed by atoms with Crippen LogP contribution in [-0.2, 0) is 16.1 Å². The molecule has 2 aromatic carbocycles. The Hall–Kier alpha value is -2.84. The lowest BCUT2D eigenvalue weighted by molar-refractivity contribution is -0.139. The van der Waals surface area contributed by atoms with Crippen molar-refractivity contribution in [1.82, 2.24) is 19.8 Å². The van der Waals surface area contributed by atoms with Gasteiger partial charge in [0.2, 0.25) is 11.8 Å². The zero-order valence-electron chi connectivity index (χ0n) is 18.5. The summed E-state index contributed by atoms with van der Waals surface area (Å²) in [5.41, 5.74) is 1.21. The largest absolute Gasteiger partial charge is 0.359 e. The molecule has 1 unspecified atom stereocenters. The van der Waals surface area contributed by atoms with Crippen LogP contribution < -0.4 is 10.9 Å². The minimum absolute atomic E-state index is 0.0199. The zero-order valence-corrected chi connectivity index (χ0v) is 20.0. The first kappa shape index (κ1) is 23.3. The SMILES string of the molecule is CCn1c(SC(C(=O)N2CC(CC(=O)NC)C2)c2ccccc2)nc2ccc(Cl)cc2c1=O. The van der Waals surface area contributed by atoms with Crippen molar-refractivity contribution in [3.8, 4) is 0 Å². The lowest BCUT2D eigenvalue weighted by Crippen LogP contribution is -2.52.